The minimum absolute atomic E-state index is 0.0564. The summed E-state index contributed by atoms with van der Waals surface area (Å²) >= 11 is 0. The van der Waals surface area contributed by atoms with Gasteiger partial charge in [-0.3, -0.25) is 24.2 Å². The molecule has 324 valence electrons. The van der Waals surface area contributed by atoms with Gasteiger partial charge in [-0.05, 0) is 50.2 Å². The standard InChI is InChI=1S/C22H15F2N7O3.C21H15F2N7O/c1-10-21(11(2)34-30-10)12-5-14-17(25-8-12)7-15(23)13(22(14)24)6-20-28-27-19-4-3-16(29-31(19)20)18(32)9-26-33;1-11(31)17-3-4-19-26-27-20(30(19)28-17)6-14-16(22)7-18-15(21(14)23)5-12(8-24-18)13-9-25-29(2)10-13/h3-5,7-9,33H,6H2,1-2H3;3-5,7-10H,6H2,1-2H3/b26-9+;. The highest BCUT2D eigenvalue weighted by molar-refractivity contribution is 6.34. The lowest BCUT2D eigenvalue weighted by Crippen LogP contribution is -2.10. The van der Waals surface area contributed by atoms with Gasteiger partial charge in [0.1, 0.15) is 46.6 Å². The van der Waals surface area contributed by atoms with Crippen molar-refractivity contribution in [1.82, 2.24) is 64.5 Å². The normalized spacial score (nSPS) is 11.6. The lowest BCUT2D eigenvalue weighted by atomic mass is 10.0. The van der Waals surface area contributed by atoms with Crippen molar-refractivity contribution in [3.8, 4) is 22.3 Å². The van der Waals surface area contributed by atoms with E-state index in [4.69, 9.17) is 9.73 Å². The van der Waals surface area contributed by atoms with Crippen LogP contribution in [0.3, 0.4) is 0 Å². The average Bonchev–Trinajstić information content (AvgIpc) is 4.10. The van der Waals surface area contributed by atoms with Crippen molar-refractivity contribution < 1.29 is 36.9 Å². The van der Waals surface area contributed by atoms with Gasteiger partial charge in [-0.15, -0.1) is 20.4 Å². The number of halogens is 4. The topological polar surface area (TPSA) is 223 Å². The van der Waals surface area contributed by atoms with Gasteiger partial charge in [-0.1, -0.05) is 10.3 Å². The molecule has 0 saturated heterocycles. The van der Waals surface area contributed by atoms with Crippen LogP contribution in [0.4, 0.5) is 17.6 Å². The molecule has 8 aromatic heterocycles. The number of carbonyl (C=O) groups excluding carboxylic acids is 2. The van der Waals surface area contributed by atoms with Gasteiger partial charge >= 0.3 is 0 Å². The summed E-state index contributed by atoms with van der Waals surface area (Å²) in [6.07, 6.45) is 6.69. The Morgan fingerprint density at radius 3 is 1.82 bits per heavy atom. The molecule has 0 amide bonds. The molecule has 0 spiro atoms. The molecule has 2 aromatic carbocycles. The Bertz CT molecular complexity index is 3560. The molecule has 10 aromatic rings. The first-order valence-electron chi connectivity index (χ1n) is 19.4. The molecular weight excluding hydrogens is 853 g/mol. The van der Waals surface area contributed by atoms with Gasteiger partial charge in [0.2, 0.25) is 5.78 Å². The quantitative estimate of drug-likeness (QED) is 0.0531. The van der Waals surface area contributed by atoms with Crippen LogP contribution in [-0.4, -0.2) is 87.5 Å². The summed E-state index contributed by atoms with van der Waals surface area (Å²) in [4.78, 5) is 32.0. The molecule has 0 saturated carbocycles. The highest BCUT2D eigenvalue weighted by Gasteiger charge is 2.22. The lowest BCUT2D eigenvalue weighted by Gasteiger charge is -2.09. The van der Waals surface area contributed by atoms with Crippen LogP contribution >= 0.6 is 0 Å². The van der Waals surface area contributed by atoms with Gasteiger partial charge in [0.15, 0.2) is 28.7 Å². The number of aryl methyl sites for hydroxylation is 3. The van der Waals surface area contributed by atoms with Gasteiger partial charge in [0, 0.05) is 102 Å². The summed E-state index contributed by atoms with van der Waals surface area (Å²) in [6, 6.07) is 11.5. The Morgan fingerprint density at radius 1 is 0.738 bits per heavy atom. The van der Waals surface area contributed by atoms with E-state index < -0.39 is 29.1 Å². The number of rotatable bonds is 9. The molecule has 0 atom stereocenters. The summed E-state index contributed by atoms with van der Waals surface area (Å²) in [5, 5.41) is 43.7. The predicted molar refractivity (Wildman–Crippen MR) is 222 cm³/mol. The molecule has 22 heteroatoms. The number of nitrogens with zero attached hydrogens (tertiary/aromatic N) is 14. The Balaban J connectivity index is 0.000000165. The fourth-order valence-electron chi connectivity index (χ4n) is 7.21. The van der Waals surface area contributed by atoms with E-state index in [1.807, 2.05) is 0 Å². The first kappa shape index (κ1) is 41.7. The summed E-state index contributed by atoms with van der Waals surface area (Å²) in [6.45, 7) is 4.88. The number of fused-ring (bicyclic) bond motifs is 4. The zero-order valence-corrected chi connectivity index (χ0v) is 34.4. The third-order valence-electron chi connectivity index (χ3n) is 10.4. The van der Waals surface area contributed by atoms with Crippen LogP contribution in [0.2, 0.25) is 0 Å². The van der Waals surface area contributed by atoms with E-state index in [-0.39, 0.29) is 80.2 Å². The number of benzene rings is 2. The molecule has 10 rings (SSSR count). The summed E-state index contributed by atoms with van der Waals surface area (Å²) in [5.41, 5.74) is 4.06. The molecular formula is C43H30F4N14O4. The van der Waals surface area contributed by atoms with Crippen molar-refractivity contribution in [2.75, 3.05) is 0 Å². The smallest absolute Gasteiger partial charge is 0.227 e. The Hall–Kier alpha value is -8.69. The number of Topliss-reactive ketones (excluding diaryl/α,β-unsaturated/α-hetero) is 2. The maximum Gasteiger partial charge on any atom is 0.227 e. The van der Waals surface area contributed by atoms with Crippen LogP contribution in [0.1, 0.15) is 62.1 Å². The second kappa shape index (κ2) is 16.5. The summed E-state index contributed by atoms with van der Waals surface area (Å²) in [5.74, 6) is -3.10. The van der Waals surface area contributed by atoms with E-state index in [0.29, 0.717) is 40.0 Å². The number of ketones is 2. The van der Waals surface area contributed by atoms with Crippen LogP contribution in [0.15, 0.2) is 83.0 Å². The van der Waals surface area contributed by atoms with Gasteiger partial charge in [-0.25, -0.2) is 17.6 Å². The van der Waals surface area contributed by atoms with Crippen LogP contribution in [0.5, 0.6) is 0 Å². The molecule has 0 bridgehead atoms. The predicted octanol–water partition coefficient (Wildman–Crippen LogP) is 6.60. The fourth-order valence-corrected chi connectivity index (χ4v) is 7.21. The van der Waals surface area contributed by atoms with E-state index in [1.165, 1.54) is 46.4 Å². The van der Waals surface area contributed by atoms with E-state index in [1.54, 1.807) is 62.4 Å². The van der Waals surface area contributed by atoms with Crippen molar-refractivity contribution in [3.63, 3.8) is 0 Å². The second-order valence-electron chi connectivity index (χ2n) is 14.7. The SMILES string of the molecule is CC(=O)c1ccc2nnc(Cc3c(F)cc4ncc(-c5cnn(C)c5)cc4c3F)n2n1.Cc1noc(C)c1-c1cnc2cc(F)c(Cc3nnc4ccc(C(=O)/C=N/O)nn34)c(F)c2c1. The van der Waals surface area contributed by atoms with Gasteiger partial charge < -0.3 is 9.73 Å². The third kappa shape index (κ3) is 7.76. The molecule has 0 unspecified atom stereocenters. The monoisotopic (exact) mass is 882 g/mol. The van der Waals surface area contributed by atoms with Crippen molar-refractivity contribution in [2.24, 2.45) is 12.2 Å². The van der Waals surface area contributed by atoms with Crippen LogP contribution in [-0.2, 0) is 19.9 Å². The van der Waals surface area contributed by atoms with Gasteiger partial charge in [0.05, 0.1) is 22.9 Å². The molecule has 8 heterocycles. The van der Waals surface area contributed by atoms with E-state index >= 15 is 8.78 Å². The number of carbonyl (C=O) groups is 2. The molecule has 65 heavy (non-hydrogen) atoms. The number of pyridine rings is 2. The molecule has 0 aliphatic rings. The minimum atomic E-state index is -0.806. The number of hydrogen-bond donors (Lipinski definition) is 1. The maximum atomic E-state index is 15.6. The first-order valence-corrected chi connectivity index (χ1v) is 19.4. The van der Waals surface area contributed by atoms with Crippen molar-refractivity contribution in [3.05, 3.63) is 142 Å². The Morgan fingerprint density at radius 2 is 1.29 bits per heavy atom. The number of aromatic nitrogens is 13. The van der Waals surface area contributed by atoms with Crippen molar-refractivity contribution >= 4 is 50.9 Å². The van der Waals surface area contributed by atoms with Gasteiger partial charge in [0.25, 0.3) is 0 Å². The number of oxime groups is 1. The zero-order chi connectivity index (χ0) is 45.7. The first-order chi connectivity index (χ1) is 31.3. The molecule has 0 aliphatic carbocycles. The Kier molecular flexibility index (Phi) is 10.6. The highest BCUT2D eigenvalue weighted by Crippen LogP contribution is 2.32. The Labute approximate surface area is 361 Å². The number of hydrogen-bond acceptors (Lipinski definition) is 15. The highest BCUT2D eigenvalue weighted by atomic mass is 19.1. The molecule has 1 N–H and O–H groups in total. The maximum absolute atomic E-state index is 15.6. The molecule has 0 aliphatic heterocycles. The van der Waals surface area contributed by atoms with E-state index in [2.05, 4.69) is 56.0 Å². The zero-order valence-electron chi connectivity index (χ0n) is 34.4. The largest absolute Gasteiger partial charge is 0.411 e. The van der Waals surface area contributed by atoms with Crippen molar-refractivity contribution in [1.29, 1.82) is 0 Å². The average molecular weight is 883 g/mol. The summed E-state index contributed by atoms with van der Waals surface area (Å²) < 4.78 is 70.0. The van der Waals surface area contributed by atoms with Crippen molar-refractivity contribution in [2.45, 2.75) is 33.6 Å². The molecule has 0 radical (unpaired) electrons. The lowest BCUT2D eigenvalue weighted by molar-refractivity contribution is 0.101. The van der Waals surface area contributed by atoms with E-state index in [9.17, 15) is 18.4 Å². The molecule has 0 fully saturated rings. The summed E-state index contributed by atoms with van der Waals surface area (Å²) in [7, 11) is 1.78. The fraction of sp³-hybridized carbons (Fsp3) is 0.140. The van der Waals surface area contributed by atoms with Gasteiger partial charge in [-0.2, -0.15) is 24.3 Å². The third-order valence-corrected chi connectivity index (χ3v) is 10.4. The van der Waals surface area contributed by atoms with Crippen LogP contribution in [0.25, 0.3) is 55.4 Å². The second-order valence-corrected chi connectivity index (χ2v) is 14.7. The van der Waals surface area contributed by atoms with Crippen LogP contribution in [0, 0.1) is 37.1 Å². The molecule has 18 nitrogen and oxygen atoms in total. The van der Waals surface area contributed by atoms with E-state index in [0.717, 1.165) is 11.6 Å². The van der Waals surface area contributed by atoms with Crippen LogP contribution < -0.4 is 0 Å². The minimum Gasteiger partial charge on any atom is -0.411 e.